The van der Waals surface area contributed by atoms with Gasteiger partial charge in [0.2, 0.25) is 15.9 Å². The van der Waals surface area contributed by atoms with E-state index in [2.05, 4.69) is 0 Å². The van der Waals surface area contributed by atoms with Crippen molar-refractivity contribution in [3.8, 4) is 5.75 Å². The normalized spacial score (nSPS) is 17.1. The van der Waals surface area contributed by atoms with Crippen molar-refractivity contribution in [2.24, 2.45) is 0 Å². The van der Waals surface area contributed by atoms with E-state index in [0.29, 0.717) is 45.0 Å². The minimum absolute atomic E-state index is 0.0161. The van der Waals surface area contributed by atoms with Crippen molar-refractivity contribution in [1.82, 2.24) is 9.21 Å². The molecule has 1 aliphatic heterocycles. The zero-order chi connectivity index (χ0) is 16.2. The highest BCUT2D eigenvalue weighted by molar-refractivity contribution is 7.89. The molecule has 1 heterocycles. The Balaban J connectivity index is 2.19. The van der Waals surface area contributed by atoms with Crippen LogP contribution in [0.1, 0.15) is 20.3 Å². The Morgan fingerprint density at radius 2 is 2.00 bits per heavy atom. The van der Waals surface area contributed by atoms with Crippen molar-refractivity contribution in [1.29, 1.82) is 0 Å². The zero-order valence-electron chi connectivity index (χ0n) is 13.0. The third-order valence-electron chi connectivity index (χ3n) is 3.65. The smallest absolute Gasteiger partial charge is 0.243 e. The van der Waals surface area contributed by atoms with Crippen LogP contribution in [-0.4, -0.2) is 56.3 Å². The number of carbonyl (C=O) groups excluding carboxylic acids is 1. The Kier molecular flexibility index (Phi) is 5.42. The third kappa shape index (κ3) is 3.78. The lowest BCUT2D eigenvalue weighted by Gasteiger charge is -2.21. The lowest BCUT2D eigenvalue weighted by molar-refractivity contribution is -0.128. The summed E-state index contributed by atoms with van der Waals surface area (Å²) in [5.74, 6) is 0.529. The summed E-state index contributed by atoms with van der Waals surface area (Å²) < 4.78 is 32.3. The molecule has 0 bridgehead atoms. The number of amides is 1. The van der Waals surface area contributed by atoms with Gasteiger partial charge >= 0.3 is 0 Å². The van der Waals surface area contributed by atoms with Crippen LogP contribution in [0, 0.1) is 0 Å². The van der Waals surface area contributed by atoms with Crippen LogP contribution in [-0.2, 0) is 14.8 Å². The molecule has 0 atom stereocenters. The van der Waals surface area contributed by atoms with Gasteiger partial charge in [-0.1, -0.05) is 6.07 Å². The van der Waals surface area contributed by atoms with Gasteiger partial charge in [-0.3, -0.25) is 4.79 Å². The van der Waals surface area contributed by atoms with E-state index in [1.807, 2.05) is 6.92 Å². The second-order valence-electron chi connectivity index (χ2n) is 5.17. The number of hydrogen-bond acceptors (Lipinski definition) is 4. The van der Waals surface area contributed by atoms with Crippen molar-refractivity contribution >= 4 is 15.9 Å². The molecule has 6 nitrogen and oxygen atoms in total. The average molecular weight is 326 g/mol. The molecule has 7 heteroatoms. The fourth-order valence-electron chi connectivity index (χ4n) is 2.49. The van der Waals surface area contributed by atoms with Crippen LogP contribution < -0.4 is 4.74 Å². The molecule has 1 aliphatic rings. The lowest BCUT2D eigenvalue weighted by atomic mass is 10.3. The fraction of sp³-hybridized carbons (Fsp3) is 0.533. The molecule has 1 aromatic rings. The van der Waals surface area contributed by atoms with Gasteiger partial charge in [-0.05, 0) is 25.5 Å². The van der Waals surface area contributed by atoms with Crippen molar-refractivity contribution < 1.29 is 17.9 Å². The molecular weight excluding hydrogens is 304 g/mol. The number of rotatable bonds is 4. The number of carbonyl (C=O) groups is 1. The van der Waals surface area contributed by atoms with E-state index < -0.39 is 10.0 Å². The number of hydrogen-bond donors (Lipinski definition) is 0. The maximum absolute atomic E-state index is 12.7. The summed E-state index contributed by atoms with van der Waals surface area (Å²) in [6.45, 7) is 5.62. The fourth-order valence-corrected chi connectivity index (χ4v) is 3.99. The maximum atomic E-state index is 12.7. The summed E-state index contributed by atoms with van der Waals surface area (Å²) in [6, 6.07) is 6.54. The Morgan fingerprint density at radius 1 is 1.23 bits per heavy atom. The standard InChI is InChI=1S/C15H22N2O4S/c1-3-21-14-6-4-7-15(12-14)22(19,20)17-9-5-8-16(10-11-17)13(2)18/h4,6-7,12H,3,5,8-11H2,1-2H3. The molecule has 1 aromatic carbocycles. The highest BCUT2D eigenvalue weighted by Crippen LogP contribution is 2.22. The first-order chi connectivity index (χ1) is 10.4. The first-order valence-corrected chi connectivity index (χ1v) is 8.87. The molecule has 0 aliphatic carbocycles. The zero-order valence-corrected chi connectivity index (χ0v) is 13.8. The first-order valence-electron chi connectivity index (χ1n) is 7.43. The summed E-state index contributed by atoms with van der Waals surface area (Å²) in [4.78, 5) is 13.4. The quantitative estimate of drug-likeness (QED) is 0.837. The van der Waals surface area contributed by atoms with Crippen LogP contribution in [0.4, 0.5) is 0 Å². The predicted octanol–water partition coefficient (Wildman–Crippen LogP) is 1.33. The van der Waals surface area contributed by atoms with Gasteiger partial charge in [0.15, 0.2) is 0 Å². The van der Waals surface area contributed by atoms with E-state index >= 15 is 0 Å². The van der Waals surface area contributed by atoms with Gasteiger partial charge < -0.3 is 9.64 Å². The topological polar surface area (TPSA) is 66.9 Å². The van der Waals surface area contributed by atoms with Crippen molar-refractivity contribution in [3.63, 3.8) is 0 Å². The van der Waals surface area contributed by atoms with E-state index in [-0.39, 0.29) is 10.8 Å². The third-order valence-corrected chi connectivity index (χ3v) is 5.55. The summed E-state index contributed by atoms with van der Waals surface area (Å²) >= 11 is 0. The van der Waals surface area contributed by atoms with Gasteiger partial charge in [-0.2, -0.15) is 4.31 Å². The molecule has 1 fully saturated rings. The SMILES string of the molecule is CCOc1cccc(S(=O)(=O)N2CCCN(C(C)=O)CC2)c1. The van der Waals surface area contributed by atoms with Gasteiger partial charge in [0.25, 0.3) is 0 Å². The number of sulfonamides is 1. The van der Waals surface area contributed by atoms with Crippen LogP contribution in [0.3, 0.4) is 0 Å². The van der Waals surface area contributed by atoms with Crippen LogP contribution in [0.25, 0.3) is 0 Å². The monoisotopic (exact) mass is 326 g/mol. The number of ether oxygens (including phenoxy) is 1. The molecule has 0 N–H and O–H groups in total. The average Bonchev–Trinajstić information content (AvgIpc) is 2.74. The highest BCUT2D eigenvalue weighted by Gasteiger charge is 2.27. The second kappa shape index (κ2) is 7.11. The van der Waals surface area contributed by atoms with Crippen molar-refractivity contribution in [2.75, 3.05) is 32.8 Å². The van der Waals surface area contributed by atoms with Gasteiger partial charge in [0.05, 0.1) is 11.5 Å². The molecular formula is C15H22N2O4S. The maximum Gasteiger partial charge on any atom is 0.243 e. The Hall–Kier alpha value is -1.60. The molecule has 122 valence electrons. The Bertz CT molecular complexity index is 630. The van der Waals surface area contributed by atoms with Crippen LogP contribution in [0.2, 0.25) is 0 Å². The molecule has 22 heavy (non-hydrogen) atoms. The van der Waals surface area contributed by atoms with Gasteiger partial charge in [0.1, 0.15) is 5.75 Å². The summed E-state index contributed by atoms with van der Waals surface area (Å²) in [7, 11) is -3.56. The van der Waals surface area contributed by atoms with Crippen LogP contribution in [0.15, 0.2) is 29.2 Å². The van der Waals surface area contributed by atoms with Crippen molar-refractivity contribution in [2.45, 2.75) is 25.2 Å². The van der Waals surface area contributed by atoms with E-state index in [1.54, 1.807) is 29.2 Å². The van der Waals surface area contributed by atoms with E-state index in [0.717, 1.165) is 0 Å². The Labute approximate surface area is 131 Å². The lowest BCUT2D eigenvalue weighted by Crippen LogP contribution is -2.36. The summed E-state index contributed by atoms with van der Waals surface area (Å²) in [5.41, 5.74) is 0. The summed E-state index contributed by atoms with van der Waals surface area (Å²) in [6.07, 6.45) is 0.643. The highest BCUT2D eigenvalue weighted by atomic mass is 32.2. The first kappa shape index (κ1) is 16.8. The molecule has 1 saturated heterocycles. The van der Waals surface area contributed by atoms with Gasteiger partial charge in [0, 0.05) is 39.2 Å². The molecule has 0 spiro atoms. The van der Waals surface area contributed by atoms with E-state index in [4.69, 9.17) is 4.74 Å². The van der Waals surface area contributed by atoms with Crippen LogP contribution >= 0.6 is 0 Å². The molecule has 0 saturated carbocycles. The van der Waals surface area contributed by atoms with Gasteiger partial charge in [-0.25, -0.2) is 8.42 Å². The number of nitrogens with zero attached hydrogens (tertiary/aromatic N) is 2. The van der Waals surface area contributed by atoms with E-state index in [9.17, 15) is 13.2 Å². The summed E-state index contributed by atoms with van der Waals surface area (Å²) in [5, 5.41) is 0. The van der Waals surface area contributed by atoms with E-state index in [1.165, 1.54) is 11.2 Å². The number of benzene rings is 1. The van der Waals surface area contributed by atoms with Crippen molar-refractivity contribution in [3.05, 3.63) is 24.3 Å². The van der Waals surface area contributed by atoms with Crippen LogP contribution in [0.5, 0.6) is 5.75 Å². The van der Waals surface area contributed by atoms with Gasteiger partial charge in [-0.15, -0.1) is 0 Å². The minimum Gasteiger partial charge on any atom is -0.494 e. The molecule has 0 radical (unpaired) electrons. The minimum atomic E-state index is -3.56. The predicted molar refractivity (Wildman–Crippen MR) is 83.2 cm³/mol. The second-order valence-corrected chi connectivity index (χ2v) is 7.11. The Morgan fingerprint density at radius 3 is 2.68 bits per heavy atom. The largest absolute Gasteiger partial charge is 0.494 e. The molecule has 1 amide bonds. The molecule has 2 rings (SSSR count). The molecule has 0 aromatic heterocycles. The molecule has 0 unspecified atom stereocenters.